The summed E-state index contributed by atoms with van der Waals surface area (Å²) >= 11 is 0. The lowest BCUT2D eigenvalue weighted by atomic mass is 10.1. The van der Waals surface area contributed by atoms with Crippen molar-refractivity contribution in [3.63, 3.8) is 0 Å². The van der Waals surface area contributed by atoms with Crippen LogP contribution in [-0.4, -0.2) is 25.0 Å². The molecule has 1 aromatic rings. The highest BCUT2D eigenvalue weighted by molar-refractivity contribution is 5.97. The van der Waals surface area contributed by atoms with E-state index in [0.717, 1.165) is 25.7 Å². The topological polar surface area (TPSA) is 84.5 Å². The minimum Gasteiger partial charge on any atom is -0.447 e. The fourth-order valence-electron chi connectivity index (χ4n) is 2.51. The number of hydrogen-bond acceptors (Lipinski definition) is 4. The van der Waals surface area contributed by atoms with Gasteiger partial charge in [-0.3, -0.25) is 14.9 Å². The fourth-order valence-corrected chi connectivity index (χ4v) is 2.51. The SMILES string of the molecule is CNC(=O)NC(=O)[C@@H](OC(=O)C1CCCC1)c1ccccc1. The molecule has 2 rings (SSSR count). The smallest absolute Gasteiger partial charge is 0.321 e. The van der Waals surface area contributed by atoms with E-state index in [1.54, 1.807) is 30.3 Å². The summed E-state index contributed by atoms with van der Waals surface area (Å²) in [5.41, 5.74) is 0.537. The Kier molecular flexibility index (Phi) is 5.52. The largest absolute Gasteiger partial charge is 0.447 e. The monoisotopic (exact) mass is 304 g/mol. The maximum atomic E-state index is 12.2. The summed E-state index contributed by atoms with van der Waals surface area (Å²) in [6.45, 7) is 0. The van der Waals surface area contributed by atoms with Crippen LogP contribution in [0.2, 0.25) is 0 Å². The first-order valence-corrected chi connectivity index (χ1v) is 7.40. The van der Waals surface area contributed by atoms with E-state index in [0.29, 0.717) is 5.56 Å². The molecule has 1 atom stereocenters. The van der Waals surface area contributed by atoms with Crippen LogP contribution in [0.15, 0.2) is 30.3 Å². The van der Waals surface area contributed by atoms with Gasteiger partial charge in [0.15, 0.2) is 0 Å². The second kappa shape index (κ2) is 7.59. The van der Waals surface area contributed by atoms with Crippen LogP contribution in [-0.2, 0) is 14.3 Å². The molecule has 1 aromatic carbocycles. The molecule has 0 aliphatic heterocycles. The van der Waals surface area contributed by atoms with Crippen molar-refractivity contribution >= 4 is 17.9 Å². The van der Waals surface area contributed by atoms with Crippen LogP contribution >= 0.6 is 0 Å². The molecule has 2 N–H and O–H groups in total. The molecule has 0 saturated heterocycles. The van der Waals surface area contributed by atoms with E-state index in [9.17, 15) is 14.4 Å². The lowest BCUT2D eigenvalue weighted by Crippen LogP contribution is -2.41. The molecular weight excluding hydrogens is 284 g/mol. The van der Waals surface area contributed by atoms with E-state index in [1.165, 1.54) is 7.05 Å². The molecule has 1 aliphatic rings. The van der Waals surface area contributed by atoms with Gasteiger partial charge in [0, 0.05) is 12.6 Å². The molecular formula is C16H20N2O4. The van der Waals surface area contributed by atoms with Gasteiger partial charge in [-0.2, -0.15) is 0 Å². The van der Waals surface area contributed by atoms with Gasteiger partial charge in [-0.05, 0) is 12.8 Å². The van der Waals surface area contributed by atoms with Crippen molar-refractivity contribution in [1.29, 1.82) is 0 Å². The van der Waals surface area contributed by atoms with E-state index < -0.39 is 18.0 Å². The fraction of sp³-hybridized carbons (Fsp3) is 0.438. The van der Waals surface area contributed by atoms with Gasteiger partial charge >= 0.3 is 12.0 Å². The van der Waals surface area contributed by atoms with E-state index in [-0.39, 0.29) is 11.9 Å². The number of ether oxygens (including phenoxy) is 1. The number of urea groups is 1. The molecule has 1 aliphatic carbocycles. The van der Waals surface area contributed by atoms with Crippen LogP contribution in [0, 0.1) is 5.92 Å². The summed E-state index contributed by atoms with van der Waals surface area (Å²) in [6, 6.07) is 8.04. The lowest BCUT2D eigenvalue weighted by Gasteiger charge is -2.19. The van der Waals surface area contributed by atoms with Gasteiger partial charge in [-0.1, -0.05) is 43.2 Å². The molecule has 1 fully saturated rings. The van der Waals surface area contributed by atoms with Gasteiger partial charge in [-0.25, -0.2) is 4.79 Å². The maximum absolute atomic E-state index is 12.2. The van der Waals surface area contributed by atoms with E-state index >= 15 is 0 Å². The number of esters is 1. The Balaban J connectivity index is 2.12. The van der Waals surface area contributed by atoms with Gasteiger partial charge in [0.2, 0.25) is 6.10 Å². The number of carbonyl (C=O) groups excluding carboxylic acids is 3. The molecule has 22 heavy (non-hydrogen) atoms. The molecule has 0 radical (unpaired) electrons. The highest BCUT2D eigenvalue weighted by Crippen LogP contribution is 2.28. The normalized spacial score (nSPS) is 15.9. The first-order valence-electron chi connectivity index (χ1n) is 7.40. The van der Waals surface area contributed by atoms with Crippen molar-refractivity contribution in [3.05, 3.63) is 35.9 Å². The van der Waals surface area contributed by atoms with Crippen LogP contribution in [0.3, 0.4) is 0 Å². The summed E-state index contributed by atoms with van der Waals surface area (Å²) < 4.78 is 5.40. The van der Waals surface area contributed by atoms with Gasteiger partial charge in [-0.15, -0.1) is 0 Å². The van der Waals surface area contributed by atoms with Crippen molar-refractivity contribution in [2.45, 2.75) is 31.8 Å². The number of carbonyl (C=O) groups is 3. The molecule has 6 nitrogen and oxygen atoms in total. The van der Waals surface area contributed by atoms with Crippen LogP contribution in [0.5, 0.6) is 0 Å². The predicted octanol–water partition coefficient (Wildman–Crippen LogP) is 1.92. The highest BCUT2D eigenvalue weighted by atomic mass is 16.5. The summed E-state index contributed by atoms with van der Waals surface area (Å²) in [7, 11) is 1.41. The zero-order chi connectivity index (χ0) is 15.9. The van der Waals surface area contributed by atoms with Gasteiger partial charge in [0.1, 0.15) is 0 Å². The van der Waals surface area contributed by atoms with Gasteiger partial charge < -0.3 is 10.1 Å². The Hall–Kier alpha value is -2.37. The summed E-state index contributed by atoms with van der Waals surface area (Å²) in [5, 5.41) is 4.46. The molecule has 0 unspecified atom stereocenters. The van der Waals surface area contributed by atoms with Crippen molar-refractivity contribution in [2.24, 2.45) is 5.92 Å². The predicted molar refractivity (Wildman–Crippen MR) is 79.8 cm³/mol. The third-order valence-corrected chi connectivity index (χ3v) is 3.73. The molecule has 1 saturated carbocycles. The number of rotatable bonds is 4. The molecule has 0 aromatic heterocycles. The first-order chi connectivity index (χ1) is 10.6. The molecule has 0 spiro atoms. The number of benzene rings is 1. The van der Waals surface area contributed by atoms with Crippen molar-refractivity contribution in [2.75, 3.05) is 7.05 Å². The van der Waals surface area contributed by atoms with E-state index in [4.69, 9.17) is 4.74 Å². The van der Waals surface area contributed by atoms with Gasteiger partial charge in [0.25, 0.3) is 5.91 Å². The third kappa shape index (κ3) is 4.07. The van der Waals surface area contributed by atoms with E-state index in [2.05, 4.69) is 10.6 Å². The zero-order valence-electron chi connectivity index (χ0n) is 12.5. The van der Waals surface area contributed by atoms with E-state index in [1.807, 2.05) is 0 Å². The second-order valence-electron chi connectivity index (χ2n) is 5.28. The number of amides is 3. The molecule has 118 valence electrons. The first kappa shape index (κ1) is 16.0. The highest BCUT2D eigenvalue weighted by Gasteiger charge is 2.31. The Morgan fingerprint density at radius 2 is 1.77 bits per heavy atom. The van der Waals surface area contributed by atoms with Crippen LogP contribution < -0.4 is 10.6 Å². The maximum Gasteiger partial charge on any atom is 0.321 e. The minimum absolute atomic E-state index is 0.154. The van der Waals surface area contributed by atoms with Crippen molar-refractivity contribution in [1.82, 2.24) is 10.6 Å². The third-order valence-electron chi connectivity index (χ3n) is 3.73. The zero-order valence-corrected chi connectivity index (χ0v) is 12.5. The molecule has 3 amide bonds. The average Bonchev–Trinajstić information content (AvgIpc) is 3.07. The number of imide groups is 1. The Morgan fingerprint density at radius 3 is 2.36 bits per heavy atom. The summed E-state index contributed by atoms with van der Waals surface area (Å²) in [5.74, 6) is -1.19. The summed E-state index contributed by atoms with van der Waals surface area (Å²) in [4.78, 5) is 35.7. The molecule has 0 bridgehead atoms. The van der Waals surface area contributed by atoms with Crippen LogP contribution in [0.25, 0.3) is 0 Å². The van der Waals surface area contributed by atoms with Crippen molar-refractivity contribution in [3.8, 4) is 0 Å². The van der Waals surface area contributed by atoms with Crippen LogP contribution in [0.4, 0.5) is 4.79 Å². The van der Waals surface area contributed by atoms with Crippen LogP contribution in [0.1, 0.15) is 37.4 Å². The Morgan fingerprint density at radius 1 is 1.14 bits per heavy atom. The number of nitrogens with one attached hydrogen (secondary N) is 2. The summed E-state index contributed by atoms with van der Waals surface area (Å²) in [6.07, 6.45) is 2.46. The molecule has 6 heteroatoms. The Bertz CT molecular complexity index is 538. The second-order valence-corrected chi connectivity index (χ2v) is 5.28. The van der Waals surface area contributed by atoms with Crippen molar-refractivity contribution < 1.29 is 19.1 Å². The molecule has 0 heterocycles. The number of hydrogen-bond donors (Lipinski definition) is 2. The Labute approximate surface area is 129 Å². The lowest BCUT2D eigenvalue weighted by molar-refractivity contribution is -0.160. The quantitative estimate of drug-likeness (QED) is 0.832. The minimum atomic E-state index is -1.12. The average molecular weight is 304 g/mol. The standard InChI is InChI=1S/C16H20N2O4/c1-17-16(21)18-14(19)13(11-7-3-2-4-8-11)22-15(20)12-9-5-6-10-12/h2-4,7-8,12-13H,5-6,9-10H2,1H3,(H2,17,18,19,21)/t13-/m0/s1. The van der Waals surface area contributed by atoms with Gasteiger partial charge in [0.05, 0.1) is 5.92 Å².